The summed E-state index contributed by atoms with van der Waals surface area (Å²) < 4.78 is 26.2. The summed E-state index contributed by atoms with van der Waals surface area (Å²) in [5.74, 6) is 0.106. The van der Waals surface area contributed by atoms with E-state index in [4.69, 9.17) is 5.73 Å². The van der Waals surface area contributed by atoms with Gasteiger partial charge in [-0.2, -0.15) is 5.10 Å². The fourth-order valence-corrected chi connectivity index (χ4v) is 2.57. The van der Waals surface area contributed by atoms with Gasteiger partial charge in [0.15, 0.2) is 5.82 Å². The van der Waals surface area contributed by atoms with Crippen molar-refractivity contribution in [2.45, 2.75) is 13.3 Å². The van der Waals surface area contributed by atoms with Crippen LogP contribution in [0.25, 0.3) is 0 Å². The molecule has 0 aliphatic carbocycles. The van der Waals surface area contributed by atoms with Gasteiger partial charge in [0.05, 0.1) is 17.1 Å². The van der Waals surface area contributed by atoms with Crippen molar-refractivity contribution in [2.75, 3.05) is 16.2 Å². The number of nitrogen functional groups attached to an aromatic ring is 1. The minimum atomic E-state index is -3.47. The Morgan fingerprint density at radius 1 is 1.37 bits per heavy atom. The van der Waals surface area contributed by atoms with Crippen LogP contribution in [-0.4, -0.2) is 29.4 Å². The molecule has 2 aromatic rings. The molecule has 0 aromatic carbocycles. The Balaban J connectivity index is 2.01. The van der Waals surface area contributed by atoms with Crippen LogP contribution in [0.1, 0.15) is 11.3 Å². The molecule has 0 bridgehead atoms. The third-order valence-corrected chi connectivity index (χ3v) is 3.90. The summed E-state index contributed by atoms with van der Waals surface area (Å²) in [5, 5.41) is 6.43. The summed E-state index contributed by atoms with van der Waals surface area (Å²) in [7, 11) is -3.47. The van der Waals surface area contributed by atoms with Gasteiger partial charge >= 0.3 is 0 Å². The lowest BCUT2D eigenvalue weighted by molar-refractivity contribution is 0.600. The minimum Gasteiger partial charge on any atom is -0.394 e. The molecule has 0 saturated carbocycles. The van der Waals surface area contributed by atoms with E-state index in [1.807, 2.05) is 0 Å². The molecule has 2 aromatic heterocycles. The summed E-state index contributed by atoms with van der Waals surface area (Å²) in [6, 6.07) is 3.56. The highest BCUT2D eigenvalue weighted by molar-refractivity contribution is 7.92. The van der Waals surface area contributed by atoms with E-state index in [0.29, 0.717) is 17.8 Å². The van der Waals surface area contributed by atoms with Crippen LogP contribution in [0.15, 0.2) is 24.5 Å². The number of hydrogen-bond donors (Lipinski definition) is 3. The van der Waals surface area contributed by atoms with E-state index in [2.05, 4.69) is 19.9 Å². The van der Waals surface area contributed by atoms with Crippen molar-refractivity contribution in [1.29, 1.82) is 0 Å². The molecule has 2 rings (SSSR count). The van der Waals surface area contributed by atoms with Gasteiger partial charge in [-0.15, -0.1) is 0 Å². The molecule has 0 radical (unpaired) electrons. The van der Waals surface area contributed by atoms with Crippen LogP contribution in [0.4, 0.5) is 11.5 Å². The molecule has 7 nitrogen and oxygen atoms in total. The van der Waals surface area contributed by atoms with Crippen LogP contribution in [0.5, 0.6) is 0 Å². The Morgan fingerprint density at radius 3 is 2.63 bits per heavy atom. The largest absolute Gasteiger partial charge is 0.394 e. The summed E-state index contributed by atoms with van der Waals surface area (Å²) in [6.07, 6.45) is 3.66. The zero-order valence-corrected chi connectivity index (χ0v) is 11.2. The number of hydrogen-bond acceptors (Lipinski definition) is 5. The number of nitrogens with one attached hydrogen (secondary N) is 2. The second-order valence-corrected chi connectivity index (χ2v) is 5.98. The summed E-state index contributed by atoms with van der Waals surface area (Å²) in [4.78, 5) is 3.88. The van der Waals surface area contributed by atoms with Crippen molar-refractivity contribution in [3.63, 3.8) is 0 Å². The van der Waals surface area contributed by atoms with Gasteiger partial charge in [-0.3, -0.25) is 14.8 Å². The van der Waals surface area contributed by atoms with Crippen molar-refractivity contribution in [3.05, 3.63) is 35.8 Å². The molecular formula is C11H15N5O2S. The van der Waals surface area contributed by atoms with Gasteiger partial charge in [0, 0.05) is 12.4 Å². The monoisotopic (exact) mass is 281 g/mol. The fourth-order valence-electron chi connectivity index (χ4n) is 1.52. The molecule has 0 amide bonds. The van der Waals surface area contributed by atoms with Gasteiger partial charge in [-0.05, 0) is 31.0 Å². The number of sulfonamides is 1. The summed E-state index contributed by atoms with van der Waals surface area (Å²) in [6.45, 7) is 1.72. The van der Waals surface area contributed by atoms with Crippen LogP contribution in [0.2, 0.25) is 0 Å². The Bertz CT molecular complexity index is 651. The van der Waals surface area contributed by atoms with Gasteiger partial charge in [-0.1, -0.05) is 0 Å². The maximum Gasteiger partial charge on any atom is 0.234 e. The highest BCUT2D eigenvalue weighted by Gasteiger charge is 2.15. The topological polar surface area (TPSA) is 114 Å². The number of nitrogens with zero attached hydrogens (tertiary/aromatic N) is 2. The fraction of sp³-hybridized carbons (Fsp3) is 0.273. The van der Waals surface area contributed by atoms with E-state index in [9.17, 15) is 8.42 Å². The number of nitrogens with two attached hydrogens (primary N) is 1. The number of pyridine rings is 1. The first-order chi connectivity index (χ1) is 8.98. The molecular weight excluding hydrogens is 266 g/mol. The average molecular weight is 281 g/mol. The van der Waals surface area contributed by atoms with Crippen LogP contribution < -0.4 is 10.5 Å². The maximum atomic E-state index is 11.9. The SMILES string of the molecule is Cc1[nH]nc(NS(=O)(=O)CCc2ccncc2)c1N. The second kappa shape index (κ2) is 5.27. The zero-order valence-electron chi connectivity index (χ0n) is 10.4. The van der Waals surface area contributed by atoms with Crippen LogP contribution in [0, 0.1) is 6.92 Å². The van der Waals surface area contributed by atoms with Gasteiger partial charge in [0.1, 0.15) is 0 Å². The first-order valence-corrected chi connectivity index (χ1v) is 7.33. The normalized spacial score (nSPS) is 11.4. The smallest absolute Gasteiger partial charge is 0.234 e. The number of aryl methyl sites for hydroxylation is 2. The summed E-state index contributed by atoms with van der Waals surface area (Å²) >= 11 is 0. The Kier molecular flexibility index (Phi) is 3.70. The van der Waals surface area contributed by atoms with Gasteiger partial charge in [0.2, 0.25) is 10.0 Å². The molecule has 19 heavy (non-hydrogen) atoms. The molecule has 0 saturated heterocycles. The quantitative estimate of drug-likeness (QED) is 0.745. The molecule has 0 aliphatic heterocycles. The highest BCUT2D eigenvalue weighted by atomic mass is 32.2. The lowest BCUT2D eigenvalue weighted by Crippen LogP contribution is -2.19. The minimum absolute atomic E-state index is 0.0393. The van der Waals surface area contributed by atoms with Crippen molar-refractivity contribution in [3.8, 4) is 0 Å². The number of rotatable bonds is 5. The lowest BCUT2D eigenvalue weighted by Gasteiger charge is -2.06. The molecule has 0 spiro atoms. The standard InChI is InChI=1S/C11H15N5O2S/c1-8-10(12)11(15-14-8)16-19(17,18)7-4-9-2-5-13-6-3-9/h2-3,5-6H,4,7,12H2,1H3,(H2,14,15,16). The first kappa shape index (κ1) is 13.3. The van der Waals surface area contributed by atoms with Crippen molar-refractivity contribution in [1.82, 2.24) is 15.2 Å². The molecule has 102 valence electrons. The second-order valence-electron chi connectivity index (χ2n) is 4.14. The third-order valence-electron chi connectivity index (χ3n) is 2.66. The number of anilines is 2. The van der Waals surface area contributed by atoms with Gasteiger partial charge < -0.3 is 5.73 Å². The lowest BCUT2D eigenvalue weighted by atomic mass is 10.2. The molecule has 2 heterocycles. The van der Waals surface area contributed by atoms with Crippen LogP contribution in [0.3, 0.4) is 0 Å². The Hall–Kier alpha value is -2.09. The average Bonchev–Trinajstić information content (AvgIpc) is 2.69. The van der Waals surface area contributed by atoms with Crippen molar-refractivity contribution >= 4 is 21.5 Å². The molecule has 4 N–H and O–H groups in total. The van der Waals surface area contributed by atoms with E-state index in [-0.39, 0.29) is 11.6 Å². The predicted octanol–water partition coefficient (Wildman–Crippen LogP) is 0.680. The van der Waals surface area contributed by atoms with E-state index in [0.717, 1.165) is 5.56 Å². The van der Waals surface area contributed by atoms with E-state index in [1.165, 1.54) is 0 Å². The molecule has 0 fully saturated rings. The molecule has 0 unspecified atom stereocenters. The zero-order chi connectivity index (χ0) is 13.9. The third kappa shape index (κ3) is 3.44. The van der Waals surface area contributed by atoms with Gasteiger partial charge in [-0.25, -0.2) is 8.42 Å². The number of H-pyrrole nitrogens is 1. The Morgan fingerprint density at radius 2 is 2.05 bits per heavy atom. The van der Waals surface area contributed by atoms with Gasteiger partial charge in [0.25, 0.3) is 0 Å². The van der Waals surface area contributed by atoms with E-state index < -0.39 is 10.0 Å². The Labute approximate surface area is 111 Å². The van der Waals surface area contributed by atoms with Crippen molar-refractivity contribution in [2.24, 2.45) is 0 Å². The van der Waals surface area contributed by atoms with E-state index in [1.54, 1.807) is 31.5 Å². The molecule has 0 atom stereocenters. The van der Waals surface area contributed by atoms with Crippen LogP contribution in [-0.2, 0) is 16.4 Å². The van der Waals surface area contributed by atoms with E-state index >= 15 is 0 Å². The number of aromatic amines is 1. The molecule has 0 aliphatic rings. The predicted molar refractivity (Wildman–Crippen MR) is 73.1 cm³/mol. The summed E-state index contributed by atoms with van der Waals surface area (Å²) in [5.41, 5.74) is 7.54. The highest BCUT2D eigenvalue weighted by Crippen LogP contribution is 2.19. The van der Waals surface area contributed by atoms with Crippen molar-refractivity contribution < 1.29 is 8.42 Å². The molecule has 8 heteroatoms. The first-order valence-electron chi connectivity index (χ1n) is 5.68. The number of aromatic nitrogens is 3. The maximum absolute atomic E-state index is 11.9. The van der Waals surface area contributed by atoms with Crippen LogP contribution >= 0.6 is 0 Å².